The van der Waals surface area contributed by atoms with Crippen LogP contribution in [0.5, 0.6) is 0 Å². The minimum atomic E-state index is -0.385. The molecule has 1 N–H and O–H groups in total. The number of nitrogens with one attached hydrogen (secondary N) is 1. The molecule has 2 aromatic heterocycles. The van der Waals surface area contributed by atoms with E-state index in [2.05, 4.69) is 15.5 Å². The first kappa shape index (κ1) is 11.8. The third kappa shape index (κ3) is 3.39. The molecule has 92 valence electrons. The molecule has 2 rings (SSSR count). The first-order chi connectivity index (χ1) is 8.28. The summed E-state index contributed by atoms with van der Waals surface area (Å²) in [6.45, 7) is 1.37. The molecule has 0 aliphatic rings. The van der Waals surface area contributed by atoms with E-state index < -0.39 is 0 Å². The summed E-state index contributed by atoms with van der Waals surface area (Å²) < 4.78 is 15.5. The Labute approximate surface area is 99.2 Å². The summed E-state index contributed by atoms with van der Waals surface area (Å²) in [6.07, 6.45) is 5.59. The molecular weight excluding hydrogens is 221 g/mol. The maximum Gasteiger partial charge on any atom is 0.109 e. The van der Waals surface area contributed by atoms with Crippen molar-refractivity contribution in [2.45, 2.75) is 19.6 Å². The molecule has 0 radical (unpaired) electrons. The van der Waals surface area contributed by atoms with Gasteiger partial charge in [0, 0.05) is 38.1 Å². The second-order valence-corrected chi connectivity index (χ2v) is 3.88. The Balaban J connectivity index is 1.77. The van der Waals surface area contributed by atoms with Crippen molar-refractivity contribution in [1.29, 1.82) is 0 Å². The van der Waals surface area contributed by atoms with Gasteiger partial charge in [-0.1, -0.05) is 0 Å². The molecule has 0 fully saturated rings. The molecule has 0 aliphatic heterocycles. The molecule has 2 heterocycles. The summed E-state index contributed by atoms with van der Waals surface area (Å²) in [5.41, 5.74) is 2.05. The van der Waals surface area contributed by atoms with Crippen molar-refractivity contribution in [2.24, 2.45) is 7.05 Å². The highest BCUT2D eigenvalue weighted by Gasteiger charge is 2.00. The van der Waals surface area contributed by atoms with Crippen LogP contribution in [0.1, 0.15) is 11.3 Å². The Kier molecular flexibility index (Phi) is 3.87. The van der Waals surface area contributed by atoms with Crippen LogP contribution in [0, 0.1) is 0 Å². The van der Waals surface area contributed by atoms with Gasteiger partial charge in [0.1, 0.15) is 6.67 Å². The van der Waals surface area contributed by atoms with Gasteiger partial charge >= 0.3 is 0 Å². The zero-order chi connectivity index (χ0) is 12.1. The van der Waals surface area contributed by atoms with Gasteiger partial charge in [0.15, 0.2) is 0 Å². The van der Waals surface area contributed by atoms with Crippen LogP contribution in [0.25, 0.3) is 0 Å². The molecule has 0 saturated heterocycles. The monoisotopic (exact) mass is 237 g/mol. The highest BCUT2D eigenvalue weighted by Crippen LogP contribution is 1.98. The van der Waals surface area contributed by atoms with Gasteiger partial charge in [0.25, 0.3) is 0 Å². The molecule has 0 saturated carbocycles. The minimum Gasteiger partial charge on any atom is -0.307 e. The Morgan fingerprint density at radius 3 is 3.00 bits per heavy atom. The van der Waals surface area contributed by atoms with E-state index in [4.69, 9.17) is 0 Å². The summed E-state index contributed by atoms with van der Waals surface area (Å²) in [7, 11) is 1.89. The fourth-order valence-electron chi connectivity index (χ4n) is 1.61. The lowest BCUT2D eigenvalue weighted by molar-refractivity contribution is 0.425. The third-order valence-electron chi connectivity index (χ3n) is 2.40. The number of rotatable bonds is 6. The smallest absolute Gasteiger partial charge is 0.109 e. The van der Waals surface area contributed by atoms with Crippen LogP contribution in [0.15, 0.2) is 24.7 Å². The Morgan fingerprint density at radius 1 is 1.41 bits per heavy atom. The van der Waals surface area contributed by atoms with E-state index in [0.717, 1.165) is 17.8 Å². The molecule has 0 spiro atoms. The van der Waals surface area contributed by atoms with Crippen LogP contribution < -0.4 is 5.32 Å². The van der Waals surface area contributed by atoms with Gasteiger partial charge in [-0.25, -0.2) is 4.39 Å². The second kappa shape index (κ2) is 5.58. The van der Waals surface area contributed by atoms with Crippen LogP contribution in [-0.2, 0) is 26.7 Å². The standard InChI is InChI=1S/C11H16FN5/c1-16-9-10(7-14-16)6-13-8-11-2-4-17(15-11)5-3-12/h2,4,7,9,13H,3,5-6,8H2,1H3. The fraction of sp³-hybridized carbons (Fsp3) is 0.455. The Morgan fingerprint density at radius 2 is 2.29 bits per heavy atom. The van der Waals surface area contributed by atoms with Crippen LogP contribution in [0.3, 0.4) is 0 Å². The predicted octanol–water partition coefficient (Wildman–Crippen LogP) is 0.876. The maximum absolute atomic E-state index is 12.1. The van der Waals surface area contributed by atoms with Crippen LogP contribution in [0.4, 0.5) is 4.39 Å². The number of halogens is 1. The molecule has 0 aliphatic carbocycles. The molecule has 0 amide bonds. The summed E-state index contributed by atoms with van der Waals surface area (Å²) in [4.78, 5) is 0. The van der Waals surface area contributed by atoms with Crippen molar-refractivity contribution in [2.75, 3.05) is 6.67 Å². The zero-order valence-electron chi connectivity index (χ0n) is 9.80. The Hall–Kier alpha value is -1.69. The van der Waals surface area contributed by atoms with Gasteiger partial charge in [-0.2, -0.15) is 10.2 Å². The largest absolute Gasteiger partial charge is 0.307 e. The number of hydrogen-bond donors (Lipinski definition) is 1. The van der Waals surface area contributed by atoms with E-state index in [1.54, 1.807) is 15.6 Å². The first-order valence-electron chi connectivity index (χ1n) is 5.54. The SMILES string of the molecule is Cn1cc(CNCc2ccn(CCF)n2)cn1. The predicted molar refractivity (Wildman–Crippen MR) is 62.0 cm³/mol. The normalized spacial score (nSPS) is 10.9. The van der Waals surface area contributed by atoms with Gasteiger partial charge in [0.05, 0.1) is 18.4 Å². The molecule has 0 unspecified atom stereocenters. The van der Waals surface area contributed by atoms with E-state index >= 15 is 0 Å². The van der Waals surface area contributed by atoms with Gasteiger partial charge in [-0.05, 0) is 6.07 Å². The van der Waals surface area contributed by atoms with E-state index in [-0.39, 0.29) is 6.67 Å². The number of aryl methyl sites for hydroxylation is 2. The van der Waals surface area contributed by atoms with Crippen molar-refractivity contribution < 1.29 is 4.39 Å². The summed E-state index contributed by atoms with van der Waals surface area (Å²) in [5, 5.41) is 11.6. The van der Waals surface area contributed by atoms with Crippen molar-refractivity contribution in [3.05, 3.63) is 35.9 Å². The van der Waals surface area contributed by atoms with E-state index in [0.29, 0.717) is 13.1 Å². The average Bonchev–Trinajstić information content (AvgIpc) is 2.89. The number of nitrogens with zero attached hydrogens (tertiary/aromatic N) is 4. The highest BCUT2D eigenvalue weighted by molar-refractivity contribution is 5.04. The van der Waals surface area contributed by atoms with Crippen molar-refractivity contribution in [3.63, 3.8) is 0 Å². The molecular formula is C11H16FN5. The number of aromatic nitrogens is 4. The van der Waals surface area contributed by atoms with Crippen LogP contribution in [-0.4, -0.2) is 26.2 Å². The summed E-state index contributed by atoms with van der Waals surface area (Å²) in [5.74, 6) is 0. The van der Waals surface area contributed by atoms with Gasteiger partial charge < -0.3 is 5.32 Å². The van der Waals surface area contributed by atoms with Crippen LogP contribution in [0.2, 0.25) is 0 Å². The number of alkyl halides is 1. The van der Waals surface area contributed by atoms with Gasteiger partial charge in [-0.3, -0.25) is 9.36 Å². The second-order valence-electron chi connectivity index (χ2n) is 3.88. The van der Waals surface area contributed by atoms with Crippen molar-refractivity contribution >= 4 is 0 Å². The van der Waals surface area contributed by atoms with E-state index in [1.807, 2.05) is 25.5 Å². The Bertz CT molecular complexity index is 462. The zero-order valence-corrected chi connectivity index (χ0v) is 9.80. The fourth-order valence-corrected chi connectivity index (χ4v) is 1.61. The highest BCUT2D eigenvalue weighted by atomic mass is 19.1. The molecule has 17 heavy (non-hydrogen) atoms. The van der Waals surface area contributed by atoms with E-state index in [9.17, 15) is 4.39 Å². The maximum atomic E-state index is 12.1. The third-order valence-corrected chi connectivity index (χ3v) is 2.40. The quantitative estimate of drug-likeness (QED) is 0.811. The lowest BCUT2D eigenvalue weighted by atomic mass is 10.3. The summed E-state index contributed by atoms with van der Waals surface area (Å²) >= 11 is 0. The van der Waals surface area contributed by atoms with E-state index in [1.165, 1.54) is 0 Å². The molecule has 6 heteroatoms. The number of hydrogen-bond acceptors (Lipinski definition) is 3. The minimum absolute atomic E-state index is 0.322. The average molecular weight is 237 g/mol. The molecule has 0 atom stereocenters. The summed E-state index contributed by atoms with van der Waals surface area (Å²) in [6, 6.07) is 1.89. The van der Waals surface area contributed by atoms with Gasteiger partial charge in [-0.15, -0.1) is 0 Å². The molecule has 0 aromatic carbocycles. The molecule has 0 bridgehead atoms. The molecule has 5 nitrogen and oxygen atoms in total. The lowest BCUT2D eigenvalue weighted by Crippen LogP contribution is -2.13. The lowest BCUT2D eigenvalue weighted by Gasteiger charge is -2.00. The van der Waals surface area contributed by atoms with Crippen LogP contribution >= 0.6 is 0 Å². The van der Waals surface area contributed by atoms with Crippen molar-refractivity contribution in [1.82, 2.24) is 24.9 Å². The first-order valence-corrected chi connectivity index (χ1v) is 5.54. The topological polar surface area (TPSA) is 47.7 Å². The van der Waals surface area contributed by atoms with Gasteiger partial charge in [0.2, 0.25) is 0 Å². The molecule has 2 aromatic rings. The van der Waals surface area contributed by atoms with Crippen molar-refractivity contribution in [3.8, 4) is 0 Å².